The Balaban J connectivity index is 1.78. The van der Waals surface area contributed by atoms with Gasteiger partial charge in [0.2, 0.25) is 0 Å². The summed E-state index contributed by atoms with van der Waals surface area (Å²) < 4.78 is 35.1. The minimum Gasteiger partial charge on any atom is -0.497 e. The van der Waals surface area contributed by atoms with Crippen molar-refractivity contribution in [2.75, 3.05) is 33.9 Å². The van der Waals surface area contributed by atoms with Crippen LogP contribution in [0, 0.1) is 5.92 Å². The lowest BCUT2D eigenvalue weighted by Crippen LogP contribution is -2.44. The summed E-state index contributed by atoms with van der Waals surface area (Å²) in [4.78, 5) is 17.8. The molecule has 0 aliphatic carbocycles. The van der Waals surface area contributed by atoms with Crippen molar-refractivity contribution in [1.29, 1.82) is 0 Å². The number of H-pyrrole nitrogens is 1. The first kappa shape index (κ1) is 19.5. The molecule has 27 heavy (non-hydrogen) atoms. The maximum atomic E-state index is 12.9. The first-order valence-corrected chi connectivity index (χ1v) is 10.2. The molecule has 1 atom stereocenters. The Labute approximate surface area is 158 Å². The minimum absolute atomic E-state index is 0.0278. The number of ether oxygens (including phenoxy) is 2. The van der Waals surface area contributed by atoms with E-state index in [-0.39, 0.29) is 18.4 Å². The van der Waals surface area contributed by atoms with E-state index in [0.29, 0.717) is 30.3 Å². The molecular formula is C17H24N4O5S. The molecule has 0 radical (unpaired) electrons. The Hall–Kier alpha value is -2.30. The molecule has 3 rings (SSSR count). The molecule has 0 spiro atoms. The number of rotatable bonds is 6. The SMILES string of the molecule is COc1cc(OC)c2[nH]c(C(=O)N3CCCC(CNS(N)(=O)=O)C3)cc2c1. The normalized spacial score (nSPS) is 17.9. The lowest BCUT2D eigenvalue weighted by atomic mass is 9.98. The third kappa shape index (κ3) is 4.52. The number of methoxy groups -OCH3 is 2. The predicted molar refractivity (Wildman–Crippen MR) is 101 cm³/mol. The highest BCUT2D eigenvalue weighted by Gasteiger charge is 2.26. The molecule has 1 unspecified atom stereocenters. The van der Waals surface area contributed by atoms with Gasteiger partial charge in [-0.2, -0.15) is 8.42 Å². The summed E-state index contributed by atoms with van der Waals surface area (Å²) >= 11 is 0. The average Bonchev–Trinajstić information content (AvgIpc) is 3.08. The molecule has 1 aromatic heterocycles. The van der Waals surface area contributed by atoms with E-state index in [9.17, 15) is 13.2 Å². The van der Waals surface area contributed by atoms with E-state index < -0.39 is 10.2 Å². The van der Waals surface area contributed by atoms with Gasteiger partial charge >= 0.3 is 0 Å². The molecule has 0 bridgehead atoms. The molecule has 10 heteroatoms. The molecule has 1 aliphatic rings. The largest absolute Gasteiger partial charge is 0.497 e. The van der Waals surface area contributed by atoms with Gasteiger partial charge in [-0.25, -0.2) is 9.86 Å². The Bertz CT molecular complexity index is 940. The topological polar surface area (TPSA) is 127 Å². The van der Waals surface area contributed by atoms with Crippen molar-refractivity contribution in [3.8, 4) is 11.5 Å². The molecule has 1 aliphatic heterocycles. The number of nitrogens with two attached hydrogens (primary N) is 1. The first-order chi connectivity index (χ1) is 12.8. The van der Waals surface area contributed by atoms with Crippen LogP contribution in [0.15, 0.2) is 18.2 Å². The highest BCUT2D eigenvalue weighted by Crippen LogP contribution is 2.31. The molecule has 148 valence electrons. The second-order valence-electron chi connectivity index (χ2n) is 6.63. The van der Waals surface area contributed by atoms with E-state index in [2.05, 4.69) is 9.71 Å². The second kappa shape index (κ2) is 7.75. The summed E-state index contributed by atoms with van der Waals surface area (Å²) in [5.41, 5.74) is 1.18. The van der Waals surface area contributed by atoms with E-state index in [1.54, 1.807) is 31.3 Å². The van der Waals surface area contributed by atoms with Crippen LogP contribution in [0.4, 0.5) is 0 Å². The number of nitrogens with one attached hydrogen (secondary N) is 2. The Morgan fingerprint density at radius 3 is 2.78 bits per heavy atom. The predicted octanol–water partition coefficient (Wildman–Crippen LogP) is 0.830. The van der Waals surface area contributed by atoms with E-state index in [1.807, 2.05) is 6.07 Å². The van der Waals surface area contributed by atoms with Crippen LogP contribution in [-0.4, -0.2) is 58.1 Å². The van der Waals surface area contributed by atoms with Crippen LogP contribution in [0.1, 0.15) is 23.3 Å². The fraction of sp³-hybridized carbons (Fsp3) is 0.471. The number of piperidine rings is 1. The van der Waals surface area contributed by atoms with Crippen LogP contribution >= 0.6 is 0 Å². The lowest BCUT2D eigenvalue weighted by molar-refractivity contribution is 0.0671. The van der Waals surface area contributed by atoms with Crippen LogP contribution in [-0.2, 0) is 10.2 Å². The maximum absolute atomic E-state index is 12.9. The number of carbonyl (C=O) groups excluding carboxylic acids is 1. The molecule has 1 fully saturated rings. The van der Waals surface area contributed by atoms with Crippen LogP contribution in [0.3, 0.4) is 0 Å². The molecule has 1 aromatic carbocycles. The number of aromatic amines is 1. The van der Waals surface area contributed by atoms with E-state index in [4.69, 9.17) is 14.6 Å². The van der Waals surface area contributed by atoms with Gasteiger partial charge in [0.25, 0.3) is 16.1 Å². The zero-order valence-corrected chi connectivity index (χ0v) is 16.1. The van der Waals surface area contributed by atoms with Gasteiger partial charge in [0.05, 0.1) is 19.7 Å². The van der Waals surface area contributed by atoms with Gasteiger partial charge in [0.1, 0.15) is 17.2 Å². The average molecular weight is 396 g/mol. The van der Waals surface area contributed by atoms with E-state index in [0.717, 1.165) is 23.7 Å². The summed E-state index contributed by atoms with van der Waals surface area (Å²) in [6.07, 6.45) is 1.64. The van der Waals surface area contributed by atoms with Gasteiger partial charge in [0, 0.05) is 31.1 Å². The number of fused-ring (bicyclic) bond motifs is 1. The van der Waals surface area contributed by atoms with Crippen molar-refractivity contribution >= 4 is 27.0 Å². The molecule has 0 saturated carbocycles. The molecule has 1 saturated heterocycles. The molecule has 4 N–H and O–H groups in total. The second-order valence-corrected chi connectivity index (χ2v) is 8.01. The smallest absolute Gasteiger partial charge is 0.274 e. The van der Waals surface area contributed by atoms with E-state index >= 15 is 0 Å². The summed E-state index contributed by atoms with van der Waals surface area (Å²) in [5, 5.41) is 5.80. The highest BCUT2D eigenvalue weighted by molar-refractivity contribution is 7.87. The van der Waals surface area contributed by atoms with Crippen molar-refractivity contribution in [1.82, 2.24) is 14.6 Å². The third-order valence-corrected chi connectivity index (χ3v) is 5.30. The summed E-state index contributed by atoms with van der Waals surface area (Å²) in [5.74, 6) is 1.13. The van der Waals surface area contributed by atoms with Crippen molar-refractivity contribution in [3.63, 3.8) is 0 Å². The monoisotopic (exact) mass is 396 g/mol. The summed E-state index contributed by atoms with van der Waals surface area (Å²) in [6.45, 7) is 1.32. The summed E-state index contributed by atoms with van der Waals surface area (Å²) in [6, 6.07) is 5.36. The summed E-state index contributed by atoms with van der Waals surface area (Å²) in [7, 11) is -0.598. The van der Waals surface area contributed by atoms with Crippen molar-refractivity contribution in [2.45, 2.75) is 12.8 Å². The fourth-order valence-corrected chi connectivity index (χ4v) is 3.87. The van der Waals surface area contributed by atoms with Gasteiger partial charge in [0.15, 0.2) is 0 Å². The fourth-order valence-electron chi connectivity index (χ4n) is 3.40. The van der Waals surface area contributed by atoms with Crippen LogP contribution in [0.25, 0.3) is 10.9 Å². The highest BCUT2D eigenvalue weighted by atomic mass is 32.2. The molecule has 1 amide bonds. The van der Waals surface area contributed by atoms with Gasteiger partial charge in [-0.15, -0.1) is 0 Å². The number of aromatic nitrogens is 1. The lowest BCUT2D eigenvalue weighted by Gasteiger charge is -2.32. The van der Waals surface area contributed by atoms with Crippen LogP contribution in [0.5, 0.6) is 11.5 Å². The van der Waals surface area contributed by atoms with Crippen LogP contribution < -0.4 is 19.3 Å². The number of likely N-dealkylation sites (tertiary alicyclic amines) is 1. The van der Waals surface area contributed by atoms with Gasteiger partial charge < -0.3 is 19.4 Å². The minimum atomic E-state index is -3.73. The van der Waals surface area contributed by atoms with Gasteiger partial charge in [-0.3, -0.25) is 4.79 Å². The zero-order valence-electron chi connectivity index (χ0n) is 15.3. The standard InChI is InChI=1S/C17H24N4O5S/c1-25-13-6-12-7-14(20-16(12)15(8-13)26-2)17(22)21-5-3-4-11(10-21)9-19-27(18,23)24/h6-8,11,19-20H,3-5,9-10H2,1-2H3,(H2,18,23,24). The number of nitrogens with zero attached hydrogens (tertiary/aromatic N) is 1. The number of amides is 1. The molecule has 9 nitrogen and oxygen atoms in total. The number of benzene rings is 1. The molecule has 2 heterocycles. The Morgan fingerprint density at radius 1 is 1.33 bits per heavy atom. The molecule has 2 aromatic rings. The molecular weight excluding hydrogens is 372 g/mol. The number of carbonyl (C=O) groups is 1. The van der Waals surface area contributed by atoms with Crippen molar-refractivity contribution in [3.05, 3.63) is 23.9 Å². The van der Waals surface area contributed by atoms with Crippen molar-refractivity contribution in [2.24, 2.45) is 11.1 Å². The van der Waals surface area contributed by atoms with Crippen LogP contribution in [0.2, 0.25) is 0 Å². The Morgan fingerprint density at radius 2 is 2.11 bits per heavy atom. The van der Waals surface area contributed by atoms with E-state index in [1.165, 1.54) is 0 Å². The quantitative estimate of drug-likeness (QED) is 0.667. The first-order valence-electron chi connectivity index (χ1n) is 8.62. The maximum Gasteiger partial charge on any atom is 0.274 e. The third-order valence-electron chi connectivity index (χ3n) is 4.73. The van der Waals surface area contributed by atoms with Gasteiger partial charge in [-0.05, 0) is 30.9 Å². The Kier molecular flexibility index (Phi) is 5.59. The number of hydrogen-bond donors (Lipinski definition) is 3. The number of hydrogen-bond acceptors (Lipinski definition) is 5. The van der Waals surface area contributed by atoms with Gasteiger partial charge in [-0.1, -0.05) is 0 Å². The van der Waals surface area contributed by atoms with Crippen molar-refractivity contribution < 1.29 is 22.7 Å². The zero-order chi connectivity index (χ0) is 19.6.